The van der Waals surface area contributed by atoms with Crippen LogP contribution in [0.2, 0.25) is 0 Å². The Labute approximate surface area is 156 Å². The molecule has 1 amide bonds. The topological polar surface area (TPSA) is 86.5 Å². The fourth-order valence-electron chi connectivity index (χ4n) is 2.89. The predicted octanol–water partition coefficient (Wildman–Crippen LogP) is 3.30. The van der Waals surface area contributed by atoms with Gasteiger partial charge in [-0.15, -0.1) is 5.10 Å². The molecule has 2 aromatic carbocycles. The molecule has 3 aromatic rings. The highest BCUT2D eigenvalue weighted by Crippen LogP contribution is 2.31. The summed E-state index contributed by atoms with van der Waals surface area (Å²) in [6.45, 7) is 4.91. The van der Waals surface area contributed by atoms with Crippen molar-refractivity contribution >= 4 is 11.9 Å². The van der Waals surface area contributed by atoms with Gasteiger partial charge in [0.2, 0.25) is 5.89 Å². The number of hydrogen-bond acceptors (Lipinski definition) is 6. The number of nitrogens with one attached hydrogen (secondary N) is 1. The first-order valence-corrected chi connectivity index (χ1v) is 8.68. The second kappa shape index (κ2) is 7.11. The van der Waals surface area contributed by atoms with Crippen LogP contribution in [0.15, 0.2) is 40.8 Å². The molecule has 0 saturated heterocycles. The number of amides is 1. The molecule has 4 rings (SSSR count). The van der Waals surface area contributed by atoms with E-state index in [0.29, 0.717) is 36.8 Å². The summed E-state index contributed by atoms with van der Waals surface area (Å²) in [4.78, 5) is 12.4. The number of benzene rings is 2. The summed E-state index contributed by atoms with van der Waals surface area (Å²) in [6.07, 6.45) is 0.434. The molecule has 0 atom stereocenters. The van der Waals surface area contributed by atoms with E-state index in [1.165, 1.54) is 0 Å². The Bertz CT molecular complexity index is 997. The van der Waals surface area contributed by atoms with E-state index in [-0.39, 0.29) is 11.9 Å². The molecular formula is C20H19N3O4. The van der Waals surface area contributed by atoms with Gasteiger partial charge >= 0.3 is 6.01 Å². The van der Waals surface area contributed by atoms with E-state index < -0.39 is 0 Å². The smallest absolute Gasteiger partial charge is 0.322 e. The lowest BCUT2D eigenvalue weighted by molar-refractivity contribution is 0.102. The molecule has 0 unspecified atom stereocenters. The van der Waals surface area contributed by atoms with Gasteiger partial charge in [-0.2, -0.15) is 0 Å². The third kappa shape index (κ3) is 3.76. The van der Waals surface area contributed by atoms with Crippen molar-refractivity contribution in [3.05, 3.63) is 64.5 Å². The lowest BCUT2D eigenvalue weighted by atomic mass is 10.1. The molecule has 7 heteroatoms. The lowest BCUT2D eigenvalue weighted by Crippen LogP contribution is -2.15. The van der Waals surface area contributed by atoms with Crippen LogP contribution in [0.1, 0.15) is 32.9 Å². The molecule has 0 saturated carbocycles. The zero-order valence-electron chi connectivity index (χ0n) is 15.1. The second-order valence-corrected chi connectivity index (χ2v) is 6.43. The number of hydrogen-bond donors (Lipinski definition) is 1. The maximum absolute atomic E-state index is 12.4. The van der Waals surface area contributed by atoms with Crippen LogP contribution in [0.3, 0.4) is 0 Å². The Morgan fingerprint density at radius 3 is 2.70 bits per heavy atom. The number of aromatic nitrogens is 2. The molecule has 0 bridgehead atoms. The number of nitrogens with zero attached hydrogens (tertiary/aromatic N) is 2. The van der Waals surface area contributed by atoms with Crippen molar-refractivity contribution in [2.24, 2.45) is 0 Å². The van der Waals surface area contributed by atoms with Crippen LogP contribution in [0.5, 0.6) is 11.5 Å². The van der Waals surface area contributed by atoms with Crippen LogP contribution in [-0.4, -0.2) is 29.3 Å². The molecule has 1 aromatic heterocycles. The van der Waals surface area contributed by atoms with Crippen LogP contribution < -0.4 is 14.8 Å². The molecule has 0 aliphatic carbocycles. The van der Waals surface area contributed by atoms with Gasteiger partial charge in [-0.3, -0.25) is 10.1 Å². The van der Waals surface area contributed by atoms with Gasteiger partial charge in [0.25, 0.3) is 5.91 Å². The SMILES string of the molecule is Cc1ccc(C)c(C(=O)Nc2nnc(Cc3ccc4c(c3)OCCO4)o2)c1. The minimum atomic E-state index is -0.272. The summed E-state index contributed by atoms with van der Waals surface area (Å²) >= 11 is 0. The molecule has 0 radical (unpaired) electrons. The van der Waals surface area contributed by atoms with Crippen molar-refractivity contribution in [2.75, 3.05) is 18.5 Å². The number of fused-ring (bicyclic) bond motifs is 1. The second-order valence-electron chi connectivity index (χ2n) is 6.43. The molecular weight excluding hydrogens is 346 g/mol. The normalized spacial score (nSPS) is 12.7. The maximum atomic E-state index is 12.4. The van der Waals surface area contributed by atoms with Crippen LogP contribution in [-0.2, 0) is 6.42 Å². The van der Waals surface area contributed by atoms with Crippen molar-refractivity contribution in [1.82, 2.24) is 10.2 Å². The van der Waals surface area contributed by atoms with E-state index in [4.69, 9.17) is 13.9 Å². The molecule has 1 N–H and O–H groups in total. The molecule has 1 aliphatic rings. The minimum Gasteiger partial charge on any atom is -0.486 e. The minimum absolute atomic E-state index is 0.0773. The van der Waals surface area contributed by atoms with Gasteiger partial charge in [0.05, 0.1) is 6.42 Å². The van der Waals surface area contributed by atoms with Crippen LogP contribution >= 0.6 is 0 Å². The van der Waals surface area contributed by atoms with Crippen LogP contribution in [0.4, 0.5) is 6.01 Å². The van der Waals surface area contributed by atoms with Crippen molar-refractivity contribution in [1.29, 1.82) is 0 Å². The fourth-order valence-corrected chi connectivity index (χ4v) is 2.89. The van der Waals surface area contributed by atoms with Crippen molar-refractivity contribution in [2.45, 2.75) is 20.3 Å². The number of carbonyl (C=O) groups excluding carboxylic acids is 1. The maximum Gasteiger partial charge on any atom is 0.322 e. The standard InChI is InChI=1S/C20H19N3O4/c1-12-3-4-13(2)15(9-12)19(24)21-20-23-22-18(27-20)11-14-5-6-16-17(10-14)26-8-7-25-16/h3-6,9-10H,7-8,11H2,1-2H3,(H,21,23,24). The van der Waals surface area contributed by atoms with Crippen molar-refractivity contribution in [3.63, 3.8) is 0 Å². The first-order valence-electron chi connectivity index (χ1n) is 8.68. The number of aryl methyl sites for hydroxylation is 2. The van der Waals surface area contributed by atoms with Gasteiger partial charge in [0, 0.05) is 5.56 Å². The largest absolute Gasteiger partial charge is 0.486 e. The summed E-state index contributed by atoms with van der Waals surface area (Å²) in [7, 11) is 0. The third-order valence-electron chi connectivity index (χ3n) is 4.29. The Balaban J connectivity index is 1.46. The van der Waals surface area contributed by atoms with Crippen LogP contribution in [0, 0.1) is 13.8 Å². The highest BCUT2D eigenvalue weighted by Gasteiger charge is 2.16. The zero-order valence-corrected chi connectivity index (χ0v) is 15.1. The number of ether oxygens (including phenoxy) is 2. The highest BCUT2D eigenvalue weighted by molar-refractivity contribution is 6.04. The molecule has 0 fully saturated rings. The molecule has 27 heavy (non-hydrogen) atoms. The van der Waals surface area contributed by atoms with E-state index in [1.807, 2.05) is 50.2 Å². The summed E-state index contributed by atoms with van der Waals surface area (Å²) in [5, 5.41) is 10.6. The summed E-state index contributed by atoms with van der Waals surface area (Å²) in [6, 6.07) is 11.5. The Morgan fingerprint density at radius 1 is 1.04 bits per heavy atom. The first-order chi connectivity index (χ1) is 13.1. The van der Waals surface area contributed by atoms with Gasteiger partial charge in [-0.05, 0) is 43.2 Å². The van der Waals surface area contributed by atoms with Gasteiger partial charge in [-0.25, -0.2) is 0 Å². The Morgan fingerprint density at radius 2 is 1.85 bits per heavy atom. The van der Waals surface area contributed by atoms with Crippen molar-refractivity contribution < 1.29 is 18.7 Å². The molecule has 7 nitrogen and oxygen atoms in total. The van der Waals surface area contributed by atoms with E-state index in [2.05, 4.69) is 15.5 Å². The first kappa shape index (κ1) is 17.1. The fraction of sp³-hybridized carbons (Fsp3) is 0.250. The van der Waals surface area contributed by atoms with E-state index in [0.717, 1.165) is 22.4 Å². The molecule has 1 aliphatic heterocycles. The average Bonchev–Trinajstić information content (AvgIpc) is 3.10. The number of carbonyl (C=O) groups is 1. The summed E-state index contributed by atoms with van der Waals surface area (Å²) < 4.78 is 16.7. The summed E-state index contributed by atoms with van der Waals surface area (Å²) in [5.41, 5.74) is 3.43. The van der Waals surface area contributed by atoms with Gasteiger partial charge < -0.3 is 13.9 Å². The third-order valence-corrected chi connectivity index (χ3v) is 4.29. The monoisotopic (exact) mass is 365 g/mol. The highest BCUT2D eigenvalue weighted by atomic mass is 16.6. The predicted molar refractivity (Wildman–Crippen MR) is 98.4 cm³/mol. The number of rotatable bonds is 4. The number of anilines is 1. The van der Waals surface area contributed by atoms with E-state index >= 15 is 0 Å². The van der Waals surface area contributed by atoms with Gasteiger partial charge in [-0.1, -0.05) is 28.9 Å². The lowest BCUT2D eigenvalue weighted by Gasteiger charge is -2.18. The average molecular weight is 365 g/mol. The van der Waals surface area contributed by atoms with Crippen LogP contribution in [0.25, 0.3) is 0 Å². The van der Waals surface area contributed by atoms with E-state index in [1.54, 1.807) is 0 Å². The van der Waals surface area contributed by atoms with Crippen molar-refractivity contribution in [3.8, 4) is 11.5 Å². The molecule has 2 heterocycles. The molecule has 0 spiro atoms. The van der Waals surface area contributed by atoms with Gasteiger partial charge in [0.1, 0.15) is 13.2 Å². The quantitative estimate of drug-likeness (QED) is 0.763. The Kier molecular flexibility index (Phi) is 4.50. The summed E-state index contributed by atoms with van der Waals surface area (Å²) in [5.74, 6) is 1.58. The Hall–Kier alpha value is -3.35. The zero-order chi connectivity index (χ0) is 18.8. The molecule has 138 valence electrons. The van der Waals surface area contributed by atoms with Gasteiger partial charge in [0.15, 0.2) is 11.5 Å². The van der Waals surface area contributed by atoms with E-state index in [9.17, 15) is 4.79 Å².